The summed E-state index contributed by atoms with van der Waals surface area (Å²) in [6.45, 7) is 9.65. The molecule has 4 bridgehead atoms. The number of carbonyl (C=O) groups excluding carboxylic acids is 2. The average molecular weight is 248 g/mol. The Balaban J connectivity index is 2.21. The highest BCUT2D eigenvalue weighted by Crippen LogP contribution is 2.66. The topological polar surface area (TPSA) is 54.4 Å². The second-order valence-electron chi connectivity index (χ2n) is 6.72. The van der Waals surface area contributed by atoms with Crippen molar-refractivity contribution >= 4 is 11.6 Å². The Bertz CT molecular complexity index is 476. The fraction of sp³-hybridized carbons (Fsp3) is 0.733. The van der Waals surface area contributed by atoms with E-state index in [4.69, 9.17) is 0 Å². The van der Waals surface area contributed by atoms with Gasteiger partial charge in [-0.15, -0.1) is 0 Å². The lowest BCUT2D eigenvalue weighted by Crippen LogP contribution is -2.72. The van der Waals surface area contributed by atoms with E-state index in [0.717, 1.165) is 5.57 Å². The zero-order valence-electron chi connectivity index (χ0n) is 11.2. The van der Waals surface area contributed by atoms with Gasteiger partial charge in [0.2, 0.25) is 0 Å². The Morgan fingerprint density at radius 3 is 2.50 bits per heavy atom. The van der Waals surface area contributed by atoms with E-state index in [2.05, 4.69) is 6.58 Å². The number of hydrogen-bond donors (Lipinski definition) is 1. The second-order valence-corrected chi connectivity index (χ2v) is 6.72. The molecule has 0 spiro atoms. The van der Waals surface area contributed by atoms with Crippen LogP contribution in [-0.4, -0.2) is 22.3 Å². The maximum absolute atomic E-state index is 12.4. The van der Waals surface area contributed by atoms with E-state index in [-0.39, 0.29) is 23.4 Å². The zero-order valence-corrected chi connectivity index (χ0v) is 11.2. The summed E-state index contributed by atoms with van der Waals surface area (Å²) in [6, 6.07) is 0. The first-order chi connectivity index (χ1) is 8.24. The third-order valence-electron chi connectivity index (χ3n) is 6.03. The molecule has 3 heteroatoms. The summed E-state index contributed by atoms with van der Waals surface area (Å²) in [5, 5.41) is 10.9. The van der Waals surface area contributed by atoms with E-state index >= 15 is 0 Å². The van der Waals surface area contributed by atoms with Gasteiger partial charge in [-0.05, 0) is 32.6 Å². The van der Waals surface area contributed by atoms with Crippen molar-refractivity contribution in [2.75, 3.05) is 0 Å². The van der Waals surface area contributed by atoms with Gasteiger partial charge in [0, 0.05) is 11.3 Å². The van der Waals surface area contributed by atoms with Gasteiger partial charge in [0.25, 0.3) is 0 Å². The largest absolute Gasteiger partial charge is 0.388 e. The molecule has 6 atom stereocenters. The van der Waals surface area contributed by atoms with Gasteiger partial charge in [-0.25, -0.2) is 0 Å². The molecule has 0 aliphatic heterocycles. The van der Waals surface area contributed by atoms with Gasteiger partial charge in [0.1, 0.15) is 11.6 Å². The molecule has 4 fully saturated rings. The SMILES string of the molecule is C=C(C)[C@@]12C[C@H]3C(=O)[C@@H](C1)C(C)[C@H](C3=O)[C@@]2(C)O. The smallest absolute Gasteiger partial charge is 0.149 e. The quantitative estimate of drug-likeness (QED) is 0.568. The first-order valence-electron chi connectivity index (χ1n) is 6.70. The van der Waals surface area contributed by atoms with Crippen LogP contribution in [0.2, 0.25) is 0 Å². The minimum atomic E-state index is -1.05. The summed E-state index contributed by atoms with van der Waals surface area (Å²) in [4.78, 5) is 24.6. The third-order valence-corrected chi connectivity index (χ3v) is 6.03. The first-order valence-corrected chi connectivity index (χ1v) is 6.70. The first kappa shape index (κ1) is 12.1. The second kappa shape index (κ2) is 3.13. The van der Waals surface area contributed by atoms with E-state index in [1.165, 1.54) is 0 Å². The van der Waals surface area contributed by atoms with Crippen LogP contribution in [0.25, 0.3) is 0 Å². The van der Waals surface area contributed by atoms with Crippen LogP contribution in [0.4, 0.5) is 0 Å². The lowest BCUT2D eigenvalue weighted by molar-refractivity contribution is -0.213. The molecule has 4 aliphatic rings. The molecular weight excluding hydrogens is 228 g/mol. The molecule has 4 aliphatic carbocycles. The molecule has 1 N–H and O–H groups in total. The molecule has 0 radical (unpaired) electrons. The van der Waals surface area contributed by atoms with E-state index in [1.807, 2.05) is 13.8 Å². The van der Waals surface area contributed by atoms with Crippen LogP contribution >= 0.6 is 0 Å². The lowest BCUT2D eigenvalue weighted by atomic mass is 9.38. The molecule has 0 aromatic heterocycles. The van der Waals surface area contributed by atoms with Crippen molar-refractivity contribution in [3.05, 3.63) is 12.2 Å². The molecule has 4 saturated carbocycles. The fourth-order valence-corrected chi connectivity index (χ4v) is 4.94. The van der Waals surface area contributed by atoms with Crippen LogP contribution in [0, 0.1) is 29.1 Å². The standard InChI is InChI=1S/C15H20O3/c1-7(2)15-5-9-8(3)11(14(15,4)18)13(17)10(6-15)12(9)16/h8-11,18H,1,5-6H2,2-4H3/t8?,9-,10-,11+,14+,15-/m0/s1. The van der Waals surface area contributed by atoms with Crippen LogP contribution in [0.5, 0.6) is 0 Å². The molecule has 1 unspecified atom stereocenters. The van der Waals surface area contributed by atoms with Gasteiger partial charge in [0.15, 0.2) is 0 Å². The van der Waals surface area contributed by atoms with E-state index in [9.17, 15) is 14.7 Å². The molecule has 98 valence electrons. The number of Topliss-reactive ketones (excluding diaryl/α,β-unsaturated/α-hetero) is 2. The third kappa shape index (κ3) is 1.02. The summed E-state index contributed by atoms with van der Waals surface area (Å²) < 4.78 is 0. The Kier molecular flexibility index (Phi) is 2.10. The van der Waals surface area contributed by atoms with Crippen molar-refractivity contribution in [1.82, 2.24) is 0 Å². The number of carbonyl (C=O) groups is 2. The van der Waals surface area contributed by atoms with Crippen LogP contribution in [0.1, 0.15) is 33.6 Å². The summed E-state index contributed by atoms with van der Waals surface area (Å²) in [5.74, 6) is -0.917. The van der Waals surface area contributed by atoms with Gasteiger partial charge in [-0.3, -0.25) is 9.59 Å². The van der Waals surface area contributed by atoms with Crippen LogP contribution < -0.4 is 0 Å². The van der Waals surface area contributed by atoms with Crippen molar-refractivity contribution < 1.29 is 14.7 Å². The van der Waals surface area contributed by atoms with Crippen molar-refractivity contribution in [3.63, 3.8) is 0 Å². The zero-order chi connectivity index (χ0) is 13.5. The molecule has 18 heavy (non-hydrogen) atoms. The summed E-state index contributed by atoms with van der Waals surface area (Å²) in [5.41, 5.74) is -0.580. The highest BCUT2D eigenvalue weighted by Gasteiger charge is 2.71. The van der Waals surface area contributed by atoms with Crippen LogP contribution in [-0.2, 0) is 9.59 Å². The molecule has 0 aromatic rings. The molecule has 0 aromatic carbocycles. The Morgan fingerprint density at radius 1 is 1.33 bits per heavy atom. The van der Waals surface area contributed by atoms with Crippen molar-refractivity contribution in [2.24, 2.45) is 29.1 Å². The van der Waals surface area contributed by atoms with Gasteiger partial charge < -0.3 is 5.11 Å². The van der Waals surface area contributed by atoms with Gasteiger partial charge in [-0.2, -0.15) is 0 Å². The minimum absolute atomic E-state index is 0.0367. The van der Waals surface area contributed by atoms with Crippen molar-refractivity contribution in [1.29, 1.82) is 0 Å². The number of aliphatic hydroxyl groups is 1. The highest BCUT2D eigenvalue weighted by molar-refractivity contribution is 6.09. The number of ketones is 2. The lowest BCUT2D eigenvalue weighted by Gasteiger charge is -2.65. The summed E-state index contributed by atoms with van der Waals surface area (Å²) >= 11 is 0. The Morgan fingerprint density at radius 2 is 1.94 bits per heavy atom. The number of rotatable bonds is 1. The molecule has 0 amide bonds. The van der Waals surface area contributed by atoms with Crippen molar-refractivity contribution in [3.8, 4) is 0 Å². The Hall–Kier alpha value is -0.960. The molecule has 0 saturated heterocycles. The molecule has 0 heterocycles. The van der Waals surface area contributed by atoms with Gasteiger partial charge in [-0.1, -0.05) is 19.1 Å². The maximum atomic E-state index is 12.4. The average Bonchev–Trinajstić information content (AvgIpc) is 2.24. The van der Waals surface area contributed by atoms with Gasteiger partial charge in [0.05, 0.1) is 17.4 Å². The fourth-order valence-electron chi connectivity index (χ4n) is 4.94. The minimum Gasteiger partial charge on any atom is -0.388 e. The highest BCUT2D eigenvalue weighted by atomic mass is 16.3. The summed E-state index contributed by atoms with van der Waals surface area (Å²) in [6.07, 6.45) is 1.13. The summed E-state index contributed by atoms with van der Waals surface area (Å²) in [7, 11) is 0. The number of hydrogen-bond acceptors (Lipinski definition) is 3. The molecule has 4 rings (SSSR count). The predicted octanol–water partition coefficient (Wildman–Crippen LogP) is 1.74. The van der Waals surface area contributed by atoms with Gasteiger partial charge >= 0.3 is 0 Å². The van der Waals surface area contributed by atoms with E-state index < -0.39 is 22.9 Å². The van der Waals surface area contributed by atoms with Crippen LogP contribution in [0.15, 0.2) is 12.2 Å². The normalized spacial score (nSPS) is 54.0. The monoisotopic (exact) mass is 248 g/mol. The molecule has 3 nitrogen and oxygen atoms in total. The van der Waals surface area contributed by atoms with Crippen LogP contribution in [0.3, 0.4) is 0 Å². The Labute approximate surface area is 107 Å². The van der Waals surface area contributed by atoms with E-state index in [1.54, 1.807) is 6.92 Å². The van der Waals surface area contributed by atoms with E-state index in [0.29, 0.717) is 12.8 Å². The predicted molar refractivity (Wildman–Crippen MR) is 66.8 cm³/mol. The maximum Gasteiger partial charge on any atom is 0.149 e. The van der Waals surface area contributed by atoms with Crippen molar-refractivity contribution in [2.45, 2.75) is 39.2 Å². The molecular formula is C15H20O3.